The van der Waals surface area contributed by atoms with Crippen molar-refractivity contribution < 1.29 is 9.59 Å². The van der Waals surface area contributed by atoms with Gasteiger partial charge in [0.1, 0.15) is 5.41 Å². The lowest BCUT2D eigenvalue weighted by Crippen LogP contribution is -2.44. The number of nitrogens with one attached hydrogen (secondary N) is 1. The van der Waals surface area contributed by atoms with Crippen LogP contribution in [0.2, 0.25) is 0 Å². The number of Topliss-reactive ketones (excluding diaryl/α,β-unsaturated/α-hetero) is 1. The molecule has 0 saturated carbocycles. The van der Waals surface area contributed by atoms with E-state index in [4.69, 9.17) is 5.73 Å². The predicted octanol–water partition coefficient (Wildman–Crippen LogP) is 4.09. The summed E-state index contributed by atoms with van der Waals surface area (Å²) in [4.78, 5) is 58.0. The minimum atomic E-state index is -1.01. The standard InChI is InChI=1S/C37H36N6O4/c1-40-23-42(22-24-9-3-7-13-31(24)40)20-18-37(28-11-5-6-12-30(28)39-35(37)46)25-15-16-26(29(38)21-25)33(44)17-19-43-34(45)27-10-4-8-14-32(27)41(2)36(43)47/h3-16,21H,17-20,22-23,38H2,1-2H3,(H,39,46). The van der Waals surface area contributed by atoms with Crippen molar-refractivity contribution in [1.29, 1.82) is 0 Å². The molecule has 0 spiro atoms. The van der Waals surface area contributed by atoms with Gasteiger partial charge in [-0.25, -0.2) is 4.79 Å². The fourth-order valence-electron chi connectivity index (χ4n) is 7.24. The molecule has 1 aromatic heterocycles. The molecule has 0 aliphatic carbocycles. The molecule has 3 N–H and O–H groups in total. The van der Waals surface area contributed by atoms with Crippen molar-refractivity contribution >= 4 is 39.7 Å². The van der Waals surface area contributed by atoms with Crippen molar-refractivity contribution in [2.75, 3.05) is 36.2 Å². The lowest BCUT2D eigenvalue weighted by Gasteiger charge is -2.38. The summed E-state index contributed by atoms with van der Waals surface area (Å²) in [6.07, 6.45) is 0.419. The Morgan fingerprint density at radius 3 is 2.47 bits per heavy atom. The number of carbonyl (C=O) groups is 2. The molecule has 1 amide bonds. The zero-order valence-corrected chi connectivity index (χ0v) is 26.4. The maximum absolute atomic E-state index is 14.0. The van der Waals surface area contributed by atoms with E-state index in [2.05, 4.69) is 34.3 Å². The van der Waals surface area contributed by atoms with Crippen molar-refractivity contribution in [3.05, 3.63) is 134 Å². The van der Waals surface area contributed by atoms with E-state index in [1.54, 1.807) is 43.4 Å². The smallest absolute Gasteiger partial charge is 0.331 e. The average Bonchev–Trinajstić information content (AvgIpc) is 3.37. The molecular formula is C37H36N6O4. The maximum atomic E-state index is 14.0. The lowest BCUT2D eigenvalue weighted by atomic mass is 9.72. The molecular weight excluding hydrogens is 592 g/mol. The summed E-state index contributed by atoms with van der Waals surface area (Å²) in [7, 11) is 3.68. The van der Waals surface area contributed by atoms with Gasteiger partial charge in [-0.15, -0.1) is 0 Å². The summed E-state index contributed by atoms with van der Waals surface area (Å²) in [5.74, 6) is -0.425. The molecule has 2 aliphatic heterocycles. The van der Waals surface area contributed by atoms with E-state index < -0.39 is 16.7 Å². The van der Waals surface area contributed by atoms with Crippen molar-refractivity contribution in [1.82, 2.24) is 14.0 Å². The molecule has 0 bridgehead atoms. The number of hydrogen-bond acceptors (Lipinski definition) is 7. The molecule has 0 saturated heterocycles. The highest BCUT2D eigenvalue weighted by Gasteiger charge is 2.48. The zero-order chi connectivity index (χ0) is 32.9. The SMILES string of the molecule is CN1CN(CCC2(c3ccc(C(=O)CCn4c(=O)c5ccccc5n(C)c4=O)c(N)c3)C(=O)Nc3ccccc32)Cc2ccccc21. The van der Waals surface area contributed by atoms with Crippen LogP contribution in [0.5, 0.6) is 0 Å². The highest BCUT2D eigenvalue weighted by atomic mass is 16.2. The van der Waals surface area contributed by atoms with Crippen LogP contribution in [0.3, 0.4) is 0 Å². The normalized spacial score (nSPS) is 17.4. The molecule has 1 atom stereocenters. The van der Waals surface area contributed by atoms with E-state index in [1.807, 2.05) is 42.5 Å². The number of nitrogens with zero attached hydrogens (tertiary/aromatic N) is 4. The summed E-state index contributed by atoms with van der Waals surface area (Å²) < 4.78 is 2.50. The van der Waals surface area contributed by atoms with Gasteiger partial charge in [0.15, 0.2) is 5.78 Å². The molecule has 3 heterocycles. The molecule has 238 valence electrons. The Morgan fingerprint density at radius 2 is 1.64 bits per heavy atom. The first-order chi connectivity index (χ1) is 22.7. The Kier molecular flexibility index (Phi) is 7.52. The van der Waals surface area contributed by atoms with Crippen LogP contribution in [0.15, 0.2) is 101 Å². The highest BCUT2D eigenvalue weighted by molar-refractivity contribution is 6.09. The van der Waals surface area contributed by atoms with E-state index in [1.165, 1.54) is 15.8 Å². The Morgan fingerprint density at radius 1 is 0.894 bits per heavy atom. The van der Waals surface area contributed by atoms with Crippen LogP contribution in [0.1, 0.15) is 39.9 Å². The third kappa shape index (κ3) is 5.01. The van der Waals surface area contributed by atoms with Crippen LogP contribution in [0.4, 0.5) is 17.1 Å². The van der Waals surface area contributed by atoms with E-state index in [0.29, 0.717) is 29.4 Å². The first-order valence-corrected chi connectivity index (χ1v) is 15.7. The molecule has 5 aromatic rings. The minimum Gasteiger partial charge on any atom is -0.398 e. The Bertz CT molecular complexity index is 2190. The Hall–Kier alpha value is -5.48. The first-order valence-electron chi connectivity index (χ1n) is 15.7. The van der Waals surface area contributed by atoms with Crippen molar-refractivity contribution in [3.8, 4) is 0 Å². The van der Waals surface area contributed by atoms with Crippen molar-refractivity contribution in [2.24, 2.45) is 7.05 Å². The second-order valence-electron chi connectivity index (χ2n) is 12.5. The number of aryl methyl sites for hydroxylation is 1. The van der Waals surface area contributed by atoms with Crippen LogP contribution in [-0.4, -0.2) is 46.0 Å². The molecule has 7 rings (SSSR count). The number of aromatic nitrogens is 2. The van der Waals surface area contributed by atoms with E-state index >= 15 is 0 Å². The van der Waals surface area contributed by atoms with Crippen molar-refractivity contribution in [3.63, 3.8) is 0 Å². The van der Waals surface area contributed by atoms with Crippen LogP contribution in [-0.2, 0) is 30.3 Å². The predicted molar refractivity (Wildman–Crippen MR) is 184 cm³/mol. The second kappa shape index (κ2) is 11.7. The van der Waals surface area contributed by atoms with Gasteiger partial charge in [-0.2, -0.15) is 0 Å². The first kappa shape index (κ1) is 30.2. The van der Waals surface area contributed by atoms with Gasteiger partial charge in [-0.05, 0) is 59.5 Å². The largest absolute Gasteiger partial charge is 0.398 e. The molecule has 47 heavy (non-hydrogen) atoms. The van der Waals surface area contributed by atoms with Gasteiger partial charge in [0.25, 0.3) is 5.56 Å². The fraction of sp³-hybridized carbons (Fsp3) is 0.243. The van der Waals surface area contributed by atoms with Gasteiger partial charge in [0, 0.05) is 62.8 Å². The molecule has 10 heteroatoms. The van der Waals surface area contributed by atoms with Gasteiger partial charge < -0.3 is 16.0 Å². The number of rotatable bonds is 8. The third-order valence-corrected chi connectivity index (χ3v) is 9.70. The summed E-state index contributed by atoms with van der Waals surface area (Å²) in [6, 6.07) is 28.2. The molecule has 1 unspecified atom stereocenters. The molecule has 2 aliphatic rings. The van der Waals surface area contributed by atoms with Crippen LogP contribution in [0.25, 0.3) is 10.9 Å². The number of carbonyl (C=O) groups excluding carboxylic acids is 2. The fourth-order valence-corrected chi connectivity index (χ4v) is 7.24. The van der Waals surface area contributed by atoms with E-state index in [0.717, 1.165) is 29.0 Å². The number of ketones is 1. The lowest BCUT2D eigenvalue weighted by molar-refractivity contribution is -0.119. The third-order valence-electron chi connectivity index (χ3n) is 9.70. The second-order valence-corrected chi connectivity index (χ2v) is 12.5. The monoisotopic (exact) mass is 628 g/mol. The zero-order valence-electron chi connectivity index (χ0n) is 26.4. The summed E-state index contributed by atoms with van der Waals surface area (Å²) in [5.41, 5.74) is 10.5. The van der Waals surface area contributed by atoms with Crippen LogP contribution in [0, 0.1) is 0 Å². The summed E-state index contributed by atoms with van der Waals surface area (Å²) >= 11 is 0. The molecule has 0 fully saturated rings. The molecule has 0 radical (unpaired) electrons. The number of fused-ring (bicyclic) bond motifs is 3. The van der Waals surface area contributed by atoms with Gasteiger partial charge in [0.2, 0.25) is 5.91 Å². The number of amides is 1. The highest BCUT2D eigenvalue weighted by Crippen LogP contribution is 2.46. The number of nitrogens with two attached hydrogens (primary N) is 1. The number of nitrogen functional groups attached to an aromatic ring is 1. The average molecular weight is 629 g/mol. The summed E-state index contributed by atoms with van der Waals surface area (Å²) in [6.45, 7) is 2.08. The van der Waals surface area contributed by atoms with Gasteiger partial charge >= 0.3 is 5.69 Å². The van der Waals surface area contributed by atoms with E-state index in [-0.39, 0.29) is 35.9 Å². The topological polar surface area (TPSA) is 123 Å². The molecule has 4 aromatic carbocycles. The van der Waals surface area contributed by atoms with Crippen LogP contribution >= 0.6 is 0 Å². The Labute approximate surface area is 271 Å². The van der Waals surface area contributed by atoms with Gasteiger partial charge in [0.05, 0.1) is 17.6 Å². The minimum absolute atomic E-state index is 0.0799. The van der Waals surface area contributed by atoms with Crippen LogP contribution < -0.4 is 27.2 Å². The van der Waals surface area contributed by atoms with Crippen molar-refractivity contribution in [2.45, 2.75) is 31.3 Å². The number of anilines is 3. The van der Waals surface area contributed by atoms with Gasteiger partial charge in [-0.1, -0.05) is 54.6 Å². The number of hydrogen-bond donors (Lipinski definition) is 2. The summed E-state index contributed by atoms with van der Waals surface area (Å²) in [5, 5.41) is 3.49. The quantitative estimate of drug-likeness (QED) is 0.196. The number of benzene rings is 4. The number of para-hydroxylation sites is 3. The van der Waals surface area contributed by atoms with E-state index in [9.17, 15) is 19.2 Å². The molecule has 10 nitrogen and oxygen atoms in total. The maximum Gasteiger partial charge on any atom is 0.331 e. The Balaban J connectivity index is 1.17. The van der Waals surface area contributed by atoms with Gasteiger partial charge in [-0.3, -0.25) is 28.4 Å².